The van der Waals surface area contributed by atoms with E-state index in [4.69, 9.17) is 10.5 Å². The summed E-state index contributed by atoms with van der Waals surface area (Å²) in [5.41, 5.74) is 8.76. The number of methoxy groups -OCH3 is 1. The van der Waals surface area contributed by atoms with Crippen molar-refractivity contribution >= 4 is 17.4 Å². The van der Waals surface area contributed by atoms with E-state index in [0.717, 1.165) is 21.4 Å². The fourth-order valence-electron chi connectivity index (χ4n) is 1.75. The first-order valence-electron chi connectivity index (χ1n) is 5.64. The van der Waals surface area contributed by atoms with Gasteiger partial charge in [-0.3, -0.25) is 0 Å². The minimum Gasteiger partial charge on any atom is -0.497 e. The topological polar surface area (TPSA) is 48.1 Å². The zero-order valence-electron chi connectivity index (χ0n) is 10.7. The summed E-state index contributed by atoms with van der Waals surface area (Å²) >= 11 is 1.59. The molecule has 1 aromatic heterocycles. The highest BCUT2D eigenvalue weighted by Gasteiger charge is 2.04. The van der Waals surface area contributed by atoms with Crippen LogP contribution in [0.5, 0.6) is 5.75 Å². The highest BCUT2D eigenvalue weighted by molar-refractivity contribution is 7.99. The molecule has 0 amide bonds. The second-order valence-electron chi connectivity index (χ2n) is 4.17. The molecule has 4 heteroatoms. The second kappa shape index (κ2) is 5.31. The fraction of sp³-hybridized carbons (Fsp3) is 0.214. The van der Waals surface area contributed by atoms with Crippen LogP contribution in [-0.2, 0) is 0 Å². The SMILES string of the molecule is COc1cc(N)cc(Sc2cc(C)cc(C)n2)c1. The average molecular weight is 260 g/mol. The van der Waals surface area contributed by atoms with Gasteiger partial charge in [-0.05, 0) is 43.7 Å². The zero-order chi connectivity index (χ0) is 13.1. The number of rotatable bonds is 3. The molecule has 0 bridgehead atoms. The average Bonchev–Trinajstić information content (AvgIpc) is 2.26. The Kier molecular flexibility index (Phi) is 3.77. The van der Waals surface area contributed by atoms with Crippen LogP contribution in [0.25, 0.3) is 0 Å². The third kappa shape index (κ3) is 3.17. The standard InChI is InChI=1S/C14H16N2OS/c1-9-4-10(2)16-14(5-9)18-13-7-11(15)6-12(8-13)17-3/h4-8H,15H2,1-3H3. The molecule has 2 N–H and O–H groups in total. The summed E-state index contributed by atoms with van der Waals surface area (Å²) in [6.45, 7) is 4.07. The van der Waals surface area contributed by atoms with Crippen molar-refractivity contribution in [3.8, 4) is 5.75 Å². The van der Waals surface area contributed by atoms with Crippen molar-refractivity contribution < 1.29 is 4.74 Å². The van der Waals surface area contributed by atoms with Crippen LogP contribution in [0.15, 0.2) is 40.3 Å². The molecule has 0 atom stereocenters. The lowest BCUT2D eigenvalue weighted by Crippen LogP contribution is -1.90. The van der Waals surface area contributed by atoms with Crippen molar-refractivity contribution in [3.63, 3.8) is 0 Å². The fourth-order valence-corrected chi connectivity index (χ4v) is 2.79. The maximum atomic E-state index is 5.83. The van der Waals surface area contributed by atoms with Crippen molar-refractivity contribution in [2.45, 2.75) is 23.8 Å². The Morgan fingerprint density at radius 2 is 1.89 bits per heavy atom. The van der Waals surface area contributed by atoms with Gasteiger partial charge in [-0.15, -0.1) is 0 Å². The lowest BCUT2D eigenvalue weighted by atomic mass is 10.3. The predicted molar refractivity (Wildman–Crippen MR) is 75.2 cm³/mol. The molecule has 3 nitrogen and oxygen atoms in total. The van der Waals surface area contributed by atoms with Crippen molar-refractivity contribution in [2.24, 2.45) is 0 Å². The van der Waals surface area contributed by atoms with Gasteiger partial charge in [0.25, 0.3) is 0 Å². The Labute approximate surface area is 111 Å². The Morgan fingerprint density at radius 3 is 2.56 bits per heavy atom. The van der Waals surface area contributed by atoms with E-state index >= 15 is 0 Å². The van der Waals surface area contributed by atoms with E-state index in [-0.39, 0.29) is 0 Å². The zero-order valence-corrected chi connectivity index (χ0v) is 11.5. The minimum atomic E-state index is 0.696. The molecule has 0 aliphatic heterocycles. The molecule has 0 aliphatic carbocycles. The van der Waals surface area contributed by atoms with E-state index in [2.05, 4.69) is 24.0 Å². The summed E-state index contributed by atoms with van der Waals surface area (Å²) in [6.07, 6.45) is 0. The number of benzene rings is 1. The summed E-state index contributed by atoms with van der Waals surface area (Å²) in [5.74, 6) is 0.766. The van der Waals surface area contributed by atoms with E-state index in [1.54, 1.807) is 24.9 Å². The summed E-state index contributed by atoms with van der Waals surface area (Å²) < 4.78 is 5.21. The van der Waals surface area contributed by atoms with Gasteiger partial charge in [0, 0.05) is 22.3 Å². The minimum absolute atomic E-state index is 0.696. The maximum Gasteiger partial charge on any atom is 0.122 e. The number of hydrogen-bond donors (Lipinski definition) is 1. The lowest BCUT2D eigenvalue weighted by molar-refractivity contribution is 0.414. The van der Waals surface area contributed by atoms with Gasteiger partial charge >= 0.3 is 0 Å². The Balaban J connectivity index is 2.30. The van der Waals surface area contributed by atoms with Gasteiger partial charge in [-0.1, -0.05) is 11.8 Å². The number of aromatic nitrogens is 1. The first-order chi connectivity index (χ1) is 8.56. The molecule has 0 spiro atoms. The number of nitrogens with two attached hydrogens (primary N) is 1. The maximum absolute atomic E-state index is 5.83. The van der Waals surface area contributed by atoms with E-state index in [9.17, 15) is 0 Å². The molecule has 0 saturated heterocycles. The third-order valence-electron chi connectivity index (χ3n) is 2.43. The normalized spacial score (nSPS) is 10.4. The molecular weight excluding hydrogens is 244 g/mol. The van der Waals surface area contributed by atoms with Gasteiger partial charge in [-0.2, -0.15) is 0 Å². The highest BCUT2D eigenvalue weighted by atomic mass is 32.2. The number of nitrogen functional groups attached to an aromatic ring is 1. The number of pyridine rings is 1. The van der Waals surface area contributed by atoms with Gasteiger partial charge in [0.2, 0.25) is 0 Å². The summed E-state index contributed by atoms with van der Waals surface area (Å²) in [6, 6.07) is 9.81. The van der Waals surface area contributed by atoms with Crippen LogP contribution in [0.3, 0.4) is 0 Å². The van der Waals surface area contributed by atoms with Gasteiger partial charge in [0.05, 0.1) is 7.11 Å². The van der Waals surface area contributed by atoms with Crippen molar-refractivity contribution in [2.75, 3.05) is 12.8 Å². The molecular formula is C14H16N2OS. The quantitative estimate of drug-likeness (QED) is 0.859. The molecule has 2 rings (SSSR count). The molecule has 18 heavy (non-hydrogen) atoms. The van der Waals surface area contributed by atoms with Crippen LogP contribution in [0.2, 0.25) is 0 Å². The first-order valence-corrected chi connectivity index (χ1v) is 6.46. The predicted octanol–water partition coefficient (Wildman–Crippen LogP) is 3.44. The monoisotopic (exact) mass is 260 g/mol. The summed E-state index contributed by atoms with van der Waals surface area (Å²) in [4.78, 5) is 5.53. The van der Waals surface area contributed by atoms with Crippen molar-refractivity contribution in [3.05, 3.63) is 41.6 Å². The molecule has 0 aliphatic rings. The van der Waals surface area contributed by atoms with E-state index in [0.29, 0.717) is 5.69 Å². The summed E-state index contributed by atoms with van der Waals surface area (Å²) in [5, 5.41) is 0.972. The van der Waals surface area contributed by atoms with E-state index in [1.165, 1.54) is 5.56 Å². The number of hydrogen-bond acceptors (Lipinski definition) is 4. The Bertz CT molecular complexity index is 549. The number of nitrogens with zero attached hydrogens (tertiary/aromatic N) is 1. The van der Waals surface area contributed by atoms with Crippen LogP contribution < -0.4 is 10.5 Å². The molecule has 0 radical (unpaired) electrons. The van der Waals surface area contributed by atoms with Crippen LogP contribution >= 0.6 is 11.8 Å². The second-order valence-corrected chi connectivity index (χ2v) is 5.26. The van der Waals surface area contributed by atoms with Gasteiger partial charge in [0.15, 0.2) is 0 Å². The highest BCUT2D eigenvalue weighted by Crippen LogP contribution is 2.31. The summed E-state index contributed by atoms with van der Waals surface area (Å²) in [7, 11) is 1.64. The van der Waals surface area contributed by atoms with Crippen LogP contribution in [0.4, 0.5) is 5.69 Å². The van der Waals surface area contributed by atoms with Gasteiger partial charge in [0.1, 0.15) is 10.8 Å². The van der Waals surface area contributed by atoms with Crippen LogP contribution in [0.1, 0.15) is 11.3 Å². The molecule has 0 saturated carbocycles. The van der Waals surface area contributed by atoms with Crippen LogP contribution in [0, 0.1) is 13.8 Å². The van der Waals surface area contributed by atoms with Crippen LogP contribution in [-0.4, -0.2) is 12.1 Å². The number of anilines is 1. The Morgan fingerprint density at radius 1 is 1.11 bits per heavy atom. The smallest absolute Gasteiger partial charge is 0.122 e. The number of ether oxygens (including phenoxy) is 1. The van der Waals surface area contributed by atoms with E-state index < -0.39 is 0 Å². The number of aryl methyl sites for hydroxylation is 2. The molecule has 0 fully saturated rings. The molecule has 1 aromatic carbocycles. The van der Waals surface area contributed by atoms with Gasteiger partial charge < -0.3 is 10.5 Å². The molecule has 0 unspecified atom stereocenters. The Hall–Kier alpha value is -1.68. The third-order valence-corrected chi connectivity index (χ3v) is 3.32. The largest absolute Gasteiger partial charge is 0.497 e. The van der Waals surface area contributed by atoms with Gasteiger partial charge in [-0.25, -0.2) is 4.98 Å². The van der Waals surface area contributed by atoms with Crippen molar-refractivity contribution in [1.29, 1.82) is 0 Å². The van der Waals surface area contributed by atoms with E-state index in [1.807, 2.05) is 19.1 Å². The molecule has 94 valence electrons. The molecule has 2 aromatic rings. The van der Waals surface area contributed by atoms with Crippen molar-refractivity contribution in [1.82, 2.24) is 4.98 Å². The lowest BCUT2D eigenvalue weighted by Gasteiger charge is -2.07. The molecule has 1 heterocycles. The first kappa shape index (κ1) is 12.8.